The molecule has 0 atom stereocenters. The first kappa shape index (κ1) is 16.0. The second kappa shape index (κ2) is 6.41. The third-order valence-corrected chi connectivity index (χ3v) is 3.28. The van der Waals surface area contributed by atoms with Gasteiger partial charge in [-0.05, 0) is 18.2 Å². The molecule has 1 aromatic carbocycles. The van der Waals surface area contributed by atoms with Crippen LogP contribution >= 0.6 is 0 Å². The van der Waals surface area contributed by atoms with Crippen molar-refractivity contribution in [3.05, 3.63) is 29.6 Å². The van der Waals surface area contributed by atoms with Crippen LogP contribution in [0.15, 0.2) is 23.1 Å². The Kier molecular flexibility index (Phi) is 5.13. The molecule has 1 aromatic rings. The molecule has 8 nitrogen and oxygen atoms in total. The van der Waals surface area contributed by atoms with Crippen LogP contribution in [0.25, 0.3) is 0 Å². The molecule has 0 saturated carbocycles. The molecule has 0 aromatic heterocycles. The van der Waals surface area contributed by atoms with Gasteiger partial charge in [0.15, 0.2) is 0 Å². The van der Waals surface area contributed by atoms with Gasteiger partial charge in [0.25, 0.3) is 10.0 Å². The number of nitrogens with one attached hydrogen (secondary N) is 1. The van der Waals surface area contributed by atoms with Gasteiger partial charge in [-0.2, -0.15) is 0 Å². The van der Waals surface area contributed by atoms with Gasteiger partial charge in [-0.25, -0.2) is 17.6 Å². The molecule has 0 aliphatic carbocycles. The van der Waals surface area contributed by atoms with Gasteiger partial charge < -0.3 is 10.5 Å². The average molecular weight is 306 g/mol. The highest BCUT2D eigenvalue weighted by atomic mass is 32.2. The van der Waals surface area contributed by atoms with E-state index in [1.807, 2.05) is 0 Å². The zero-order valence-electron chi connectivity index (χ0n) is 10.3. The fraction of sp³-hybridized carbons (Fsp3) is 0.200. The molecule has 0 radical (unpaired) electrons. The highest BCUT2D eigenvalue weighted by molar-refractivity contribution is 7.89. The van der Waals surface area contributed by atoms with Crippen molar-refractivity contribution in [3.63, 3.8) is 0 Å². The summed E-state index contributed by atoms with van der Waals surface area (Å²) in [5, 5.41) is 0. The predicted molar refractivity (Wildman–Crippen MR) is 63.2 cm³/mol. The number of rotatable bonds is 6. The lowest BCUT2D eigenvalue weighted by Gasteiger charge is -2.09. The van der Waals surface area contributed by atoms with Crippen molar-refractivity contribution in [1.29, 1.82) is 0 Å². The number of carbonyl (C=O) groups excluding carboxylic acids is 2. The first-order valence-electron chi connectivity index (χ1n) is 5.07. The number of methoxy groups -OCH3 is 1. The number of nitrogens with two attached hydrogens (primary N) is 1. The smallest absolute Gasteiger partial charge is 0.339 e. The van der Waals surface area contributed by atoms with Gasteiger partial charge in [-0.15, -0.1) is 0 Å². The number of esters is 1. The Hall–Kier alpha value is -2.04. The van der Waals surface area contributed by atoms with E-state index in [-0.39, 0.29) is 5.56 Å². The SMILES string of the molecule is COC(=O)c1ccc(F)cc1S(=O)(=O)NOCC(N)=O. The van der Waals surface area contributed by atoms with Crippen LogP contribution in [0.1, 0.15) is 10.4 Å². The van der Waals surface area contributed by atoms with Crippen LogP contribution in [0.4, 0.5) is 4.39 Å². The normalized spacial score (nSPS) is 11.1. The molecule has 0 bridgehead atoms. The summed E-state index contributed by atoms with van der Waals surface area (Å²) in [6.07, 6.45) is 0. The lowest BCUT2D eigenvalue weighted by molar-refractivity contribution is -0.123. The fourth-order valence-electron chi connectivity index (χ4n) is 1.22. The Morgan fingerprint density at radius 3 is 2.60 bits per heavy atom. The zero-order chi connectivity index (χ0) is 15.3. The molecular formula is C10H11FN2O6S. The molecule has 0 aliphatic heterocycles. The monoisotopic (exact) mass is 306 g/mol. The van der Waals surface area contributed by atoms with Gasteiger partial charge in [0.05, 0.1) is 12.7 Å². The van der Waals surface area contributed by atoms with E-state index in [0.717, 1.165) is 19.2 Å². The van der Waals surface area contributed by atoms with E-state index >= 15 is 0 Å². The van der Waals surface area contributed by atoms with Crippen molar-refractivity contribution in [1.82, 2.24) is 4.89 Å². The number of hydrogen-bond donors (Lipinski definition) is 2. The number of ether oxygens (including phenoxy) is 1. The van der Waals surface area contributed by atoms with Crippen molar-refractivity contribution in [2.45, 2.75) is 4.90 Å². The Balaban J connectivity index is 3.12. The Labute approximate surface area is 113 Å². The van der Waals surface area contributed by atoms with E-state index < -0.39 is 39.2 Å². The third kappa shape index (κ3) is 3.98. The molecule has 110 valence electrons. The summed E-state index contributed by atoms with van der Waals surface area (Å²) in [4.78, 5) is 27.0. The summed E-state index contributed by atoms with van der Waals surface area (Å²) in [7, 11) is -3.34. The first-order valence-corrected chi connectivity index (χ1v) is 6.56. The summed E-state index contributed by atoms with van der Waals surface area (Å²) in [5.41, 5.74) is 4.37. The highest BCUT2D eigenvalue weighted by Gasteiger charge is 2.24. The zero-order valence-corrected chi connectivity index (χ0v) is 11.1. The molecular weight excluding hydrogens is 295 g/mol. The van der Waals surface area contributed by atoms with Crippen molar-refractivity contribution in [2.24, 2.45) is 5.73 Å². The van der Waals surface area contributed by atoms with Crippen LogP contribution < -0.4 is 10.6 Å². The molecule has 0 spiro atoms. The quantitative estimate of drug-likeness (QED) is 0.529. The molecule has 1 amide bonds. The van der Waals surface area contributed by atoms with Gasteiger partial charge in [-0.1, -0.05) is 4.89 Å². The van der Waals surface area contributed by atoms with E-state index in [4.69, 9.17) is 5.73 Å². The van der Waals surface area contributed by atoms with Gasteiger partial charge in [-0.3, -0.25) is 9.63 Å². The van der Waals surface area contributed by atoms with E-state index in [1.54, 1.807) is 4.89 Å². The minimum atomic E-state index is -4.39. The summed E-state index contributed by atoms with van der Waals surface area (Å²) in [5.74, 6) is -2.77. The fourth-order valence-corrected chi connectivity index (χ4v) is 2.23. The predicted octanol–water partition coefficient (Wildman–Crippen LogP) is -0.693. The van der Waals surface area contributed by atoms with E-state index in [2.05, 4.69) is 9.57 Å². The standard InChI is InChI=1S/C10H11FN2O6S/c1-18-10(15)7-3-2-6(11)4-8(7)20(16,17)13-19-5-9(12)14/h2-4,13H,5H2,1H3,(H2,12,14). The van der Waals surface area contributed by atoms with E-state index in [0.29, 0.717) is 6.07 Å². The van der Waals surface area contributed by atoms with Crippen molar-refractivity contribution in [3.8, 4) is 0 Å². The molecule has 0 fully saturated rings. The molecule has 0 heterocycles. The third-order valence-electron chi connectivity index (χ3n) is 2.02. The second-order valence-electron chi connectivity index (χ2n) is 3.47. The topological polar surface area (TPSA) is 125 Å². The summed E-state index contributed by atoms with van der Waals surface area (Å²) in [6.45, 7) is -0.720. The lowest BCUT2D eigenvalue weighted by atomic mass is 10.2. The number of primary amides is 1. The molecule has 0 aliphatic rings. The molecule has 0 saturated heterocycles. The van der Waals surface area contributed by atoms with Gasteiger partial charge >= 0.3 is 5.97 Å². The Morgan fingerprint density at radius 2 is 2.05 bits per heavy atom. The highest BCUT2D eigenvalue weighted by Crippen LogP contribution is 2.18. The van der Waals surface area contributed by atoms with Crippen molar-refractivity contribution in [2.75, 3.05) is 13.7 Å². The van der Waals surface area contributed by atoms with Crippen molar-refractivity contribution >= 4 is 21.9 Å². The van der Waals surface area contributed by atoms with Crippen LogP contribution in [-0.4, -0.2) is 34.0 Å². The molecule has 3 N–H and O–H groups in total. The second-order valence-corrected chi connectivity index (χ2v) is 5.09. The summed E-state index contributed by atoms with van der Waals surface area (Å²) in [6, 6.07) is 2.46. The number of carbonyl (C=O) groups is 2. The maximum absolute atomic E-state index is 13.1. The van der Waals surface area contributed by atoms with Crippen LogP contribution in [0.5, 0.6) is 0 Å². The molecule has 1 rings (SSSR count). The van der Waals surface area contributed by atoms with Crippen molar-refractivity contribution < 1.29 is 32.0 Å². The van der Waals surface area contributed by atoms with E-state index in [9.17, 15) is 22.4 Å². The average Bonchev–Trinajstić information content (AvgIpc) is 2.37. The van der Waals surface area contributed by atoms with Crippen LogP contribution in [0.2, 0.25) is 0 Å². The number of amides is 1. The first-order chi connectivity index (χ1) is 9.27. The van der Waals surface area contributed by atoms with Gasteiger partial charge in [0.2, 0.25) is 5.91 Å². The van der Waals surface area contributed by atoms with Crippen LogP contribution in [0, 0.1) is 5.82 Å². The lowest BCUT2D eigenvalue weighted by Crippen LogP contribution is -2.30. The van der Waals surface area contributed by atoms with Crippen LogP contribution in [-0.2, 0) is 24.4 Å². The molecule has 0 unspecified atom stereocenters. The number of halogens is 1. The Bertz CT molecular complexity index is 631. The molecule has 10 heteroatoms. The molecule has 20 heavy (non-hydrogen) atoms. The summed E-state index contributed by atoms with van der Waals surface area (Å²) < 4.78 is 41.2. The van der Waals surface area contributed by atoms with Gasteiger partial charge in [0, 0.05) is 0 Å². The maximum Gasteiger partial charge on any atom is 0.339 e. The number of benzene rings is 1. The minimum absolute atomic E-state index is 0.385. The summed E-state index contributed by atoms with van der Waals surface area (Å²) >= 11 is 0. The largest absolute Gasteiger partial charge is 0.465 e. The van der Waals surface area contributed by atoms with Crippen LogP contribution in [0.3, 0.4) is 0 Å². The number of hydrogen-bond acceptors (Lipinski definition) is 6. The minimum Gasteiger partial charge on any atom is -0.465 e. The Morgan fingerprint density at radius 1 is 1.40 bits per heavy atom. The van der Waals surface area contributed by atoms with Gasteiger partial charge in [0.1, 0.15) is 17.3 Å². The van der Waals surface area contributed by atoms with E-state index in [1.165, 1.54) is 0 Å². The number of sulfonamides is 1. The maximum atomic E-state index is 13.1.